The van der Waals surface area contributed by atoms with Crippen molar-refractivity contribution in [3.8, 4) is 35.5 Å². The van der Waals surface area contributed by atoms with E-state index in [1.807, 2.05) is 0 Å². The number of hydrogen-bond donors (Lipinski definition) is 0. The van der Waals surface area contributed by atoms with Crippen LogP contribution < -0.4 is 0 Å². The predicted octanol–water partition coefficient (Wildman–Crippen LogP) is 1.33. The van der Waals surface area contributed by atoms with Crippen LogP contribution in [-0.4, -0.2) is 6.29 Å². The summed E-state index contributed by atoms with van der Waals surface area (Å²) in [6.45, 7) is 1.71. The first-order valence-electron chi connectivity index (χ1n) is 3.61. The second-order valence-corrected chi connectivity index (χ2v) is 1.77. The van der Waals surface area contributed by atoms with Gasteiger partial charge in [-0.2, -0.15) is 0 Å². The number of rotatable bonds is 2. The summed E-state index contributed by atoms with van der Waals surface area (Å²) in [5, 5.41) is 0. The van der Waals surface area contributed by atoms with E-state index in [2.05, 4.69) is 35.5 Å². The van der Waals surface area contributed by atoms with Gasteiger partial charge in [0.2, 0.25) is 0 Å². The van der Waals surface area contributed by atoms with E-state index in [9.17, 15) is 4.79 Å². The smallest absolute Gasteiger partial charge is 0.142 e. The quantitative estimate of drug-likeness (QED) is 0.263. The van der Waals surface area contributed by atoms with Gasteiger partial charge in [0, 0.05) is 0 Å². The zero-order valence-corrected chi connectivity index (χ0v) is 7.29. The number of aldehydes is 1. The van der Waals surface area contributed by atoms with E-state index >= 15 is 0 Å². The van der Waals surface area contributed by atoms with Crippen LogP contribution in [0.3, 0.4) is 0 Å². The summed E-state index contributed by atoms with van der Waals surface area (Å²) in [5.74, 6) is 15.5. The Labute approximate surface area is 78.5 Å². The molecule has 0 saturated heterocycles. The summed E-state index contributed by atoms with van der Waals surface area (Å²) in [7, 11) is 0. The Bertz CT molecular complexity index is 378. The molecule has 0 saturated carbocycles. The molecule has 0 aliphatic heterocycles. The van der Waals surface area contributed by atoms with Crippen LogP contribution in [0.2, 0.25) is 0 Å². The molecule has 0 aromatic rings. The highest BCUT2D eigenvalue weighted by molar-refractivity contribution is 5.65. The van der Waals surface area contributed by atoms with E-state index in [0.717, 1.165) is 0 Å². The normalized spacial score (nSPS) is 7.77. The van der Waals surface area contributed by atoms with E-state index in [0.29, 0.717) is 6.29 Å². The Morgan fingerprint density at radius 1 is 0.923 bits per heavy atom. The number of carbonyl (C=O) groups excluding carboxylic acids is 1. The van der Waals surface area contributed by atoms with Gasteiger partial charge in [-0.15, -0.1) is 0 Å². The lowest BCUT2D eigenvalue weighted by molar-refractivity contribution is -0.104. The van der Waals surface area contributed by atoms with Gasteiger partial charge in [-0.25, -0.2) is 0 Å². The van der Waals surface area contributed by atoms with Crippen LogP contribution in [0.1, 0.15) is 6.92 Å². The summed E-state index contributed by atoms with van der Waals surface area (Å²) in [4.78, 5) is 9.82. The molecule has 0 aromatic heterocycles. The minimum atomic E-state index is 0.703. The molecule has 0 heterocycles. The summed E-state index contributed by atoms with van der Waals surface area (Å²) in [5.41, 5.74) is 0. The molecule has 0 rings (SSSR count). The van der Waals surface area contributed by atoms with E-state index in [1.54, 1.807) is 25.2 Å². The Kier molecular flexibility index (Phi) is 8.19. The first kappa shape index (κ1) is 10.8. The molecule has 62 valence electrons. The molecule has 0 fully saturated rings. The van der Waals surface area contributed by atoms with E-state index in [4.69, 9.17) is 0 Å². The highest BCUT2D eigenvalue weighted by Gasteiger charge is 1.60. The number of hydrogen-bond acceptors (Lipinski definition) is 1. The van der Waals surface area contributed by atoms with Gasteiger partial charge in [-0.1, -0.05) is 24.0 Å². The fourth-order valence-corrected chi connectivity index (χ4v) is 0.416. The maximum absolute atomic E-state index is 9.82. The number of carbonyl (C=O) groups is 1. The fraction of sp³-hybridized carbons (Fsp3) is 0.0833. The summed E-state index contributed by atoms with van der Waals surface area (Å²) in [6, 6.07) is 0. The van der Waals surface area contributed by atoms with Crippen molar-refractivity contribution < 1.29 is 4.79 Å². The van der Waals surface area contributed by atoms with Gasteiger partial charge in [0.05, 0.1) is 0 Å². The highest BCUT2D eigenvalue weighted by atomic mass is 16.1. The summed E-state index contributed by atoms with van der Waals surface area (Å²) < 4.78 is 0. The molecular weight excluding hydrogens is 160 g/mol. The molecule has 0 unspecified atom stereocenters. The molecule has 0 N–H and O–H groups in total. The van der Waals surface area contributed by atoms with Crippen molar-refractivity contribution in [2.75, 3.05) is 0 Å². The number of allylic oxidation sites excluding steroid dienone is 4. The Morgan fingerprint density at radius 2 is 1.69 bits per heavy atom. The lowest BCUT2D eigenvalue weighted by Gasteiger charge is -1.64. The summed E-state index contributed by atoms with van der Waals surface area (Å²) in [6.07, 6.45) is 6.95. The van der Waals surface area contributed by atoms with Gasteiger partial charge in [0.25, 0.3) is 0 Å². The van der Waals surface area contributed by atoms with Crippen molar-refractivity contribution in [3.05, 3.63) is 24.3 Å². The minimum Gasteiger partial charge on any atom is -0.299 e. The monoisotopic (exact) mass is 168 g/mol. The van der Waals surface area contributed by atoms with Gasteiger partial charge in [-0.05, 0) is 42.8 Å². The zero-order valence-electron chi connectivity index (χ0n) is 7.29. The molecule has 0 aliphatic rings. The fourth-order valence-electron chi connectivity index (χ4n) is 0.416. The predicted molar refractivity (Wildman–Crippen MR) is 53.3 cm³/mol. The van der Waals surface area contributed by atoms with Crippen LogP contribution >= 0.6 is 0 Å². The largest absolute Gasteiger partial charge is 0.299 e. The molecule has 1 heteroatoms. The standard InChI is InChI=1S/C12H8O/c1-2-3-4-5-6-7-8-9-10-11-12-13/h8-12H,1H3. The Morgan fingerprint density at radius 3 is 2.38 bits per heavy atom. The van der Waals surface area contributed by atoms with Crippen molar-refractivity contribution >= 4 is 6.29 Å². The SMILES string of the molecule is CC#CC#CC#CC=CC=CC=O. The lowest BCUT2D eigenvalue weighted by Crippen LogP contribution is -1.56. The van der Waals surface area contributed by atoms with Gasteiger partial charge in [-0.3, -0.25) is 4.79 Å². The van der Waals surface area contributed by atoms with Crippen LogP contribution in [0, 0.1) is 35.5 Å². The molecule has 1 nitrogen and oxygen atoms in total. The van der Waals surface area contributed by atoms with Gasteiger partial charge in [0.1, 0.15) is 6.29 Å². The second kappa shape index (κ2) is 9.83. The third kappa shape index (κ3) is 9.83. The van der Waals surface area contributed by atoms with Crippen molar-refractivity contribution in [2.24, 2.45) is 0 Å². The average molecular weight is 168 g/mol. The summed E-state index contributed by atoms with van der Waals surface area (Å²) >= 11 is 0. The van der Waals surface area contributed by atoms with Crippen molar-refractivity contribution in [1.82, 2.24) is 0 Å². The Hall–Kier alpha value is -2.17. The van der Waals surface area contributed by atoms with E-state index in [1.165, 1.54) is 6.08 Å². The van der Waals surface area contributed by atoms with Crippen molar-refractivity contribution in [1.29, 1.82) is 0 Å². The molecule has 0 bridgehead atoms. The molecule has 0 spiro atoms. The lowest BCUT2D eigenvalue weighted by atomic mass is 10.4. The molecule has 0 aliphatic carbocycles. The Balaban J connectivity index is 3.92. The molecule has 0 amide bonds. The van der Waals surface area contributed by atoms with Crippen molar-refractivity contribution in [2.45, 2.75) is 6.92 Å². The third-order valence-corrected chi connectivity index (χ3v) is 0.865. The highest BCUT2D eigenvalue weighted by Crippen LogP contribution is 1.72. The maximum Gasteiger partial charge on any atom is 0.142 e. The first-order chi connectivity index (χ1) is 6.41. The maximum atomic E-state index is 9.82. The second-order valence-electron chi connectivity index (χ2n) is 1.77. The van der Waals surface area contributed by atoms with Crippen LogP contribution in [-0.2, 0) is 4.79 Å². The van der Waals surface area contributed by atoms with E-state index < -0.39 is 0 Å². The molecule has 0 radical (unpaired) electrons. The van der Waals surface area contributed by atoms with Crippen molar-refractivity contribution in [3.63, 3.8) is 0 Å². The molecule has 13 heavy (non-hydrogen) atoms. The van der Waals surface area contributed by atoms with Crippen LogP contribution in [0.25, 0.3) is 0 Å². The van der Waals surface area contributed by atoms with E-state index in [-0.39, 0.29) is 0 Å². The van der Waals surface area contributed by atoms with Crippen LogP contribution in [0.15, 0.2) is 24.3 Å². The first-order valence-corrected chi connectivity index (χ1v) is 3.61. The van der Waals surface area contributed by atoms with Crippen LogP contribution in [0.5, 0.6) is 0 Å². The topological polar surface area (TPSA) is 17.1 Å². The van der Waals surface area contributed by atoms with Gasteiger partial charge in [0.15, 0.2) is 0 Å². The molecule has 0 aromatic carbocycles. The molecular formula is C12H8O. The minimum absolute atomic E-state index is 0.703. The van der Waals surface area contributed by atoms with Gasteiger partial charge < -0.3 is 0 Å². The third-order valence-electron chi connectivity index (χ3n) is 0.865. The average Bonchev–Trinajstić information content (AvgIpc) is 2.16. The molecule has 0 atom stereocenters. The van der Waals surface area contributed by atoms with Gasteiger partial charge >= 0.3 is 0 Å². The zero-order chi connectivity index (χ0) is 9.78. The van der Waals surface area contributed by atoms with Crippen LogP contribution in [0.4, 0.5) is 0 Å².